The van der Waals surface area contributed by atoms with E-state index in [9.17, 15) is 14.7 Å². The minimum atomic E-state index is -1.39. The number of terminal acetylenes is 1. The molecule has 0 radical (unpaired) electrons. The third-order valence-electron chi connectivity index (χ3n) is 5.44. The Balaban J connectivity index is 1.66. The first kappa shape index (κ1) is 20.5. The van der Waals surface area contributed by atoms with Crippen molar-refractivity contribution in [2.45, 2.75) is 44.1 Å². The van der Waals surface area contributed by atoms with Gasteiger partial charge in [-0.1, -0.05) is 48.5 Å². The lowest BCUT2D eigenvalue weighted by Gasteiger charge is -2.26. The third kappa shape index (κ3) is 4.43. The van der Waals surface area contributed by atoms with Crippen LogP contribution in [0.4, 0.5) is 4.79 Å². The van der Waals surface area contributed by atoms with E-state index in [0.717, 1.165) is 22.3 Å². The van der Waals surface area contributed by atoms with E-state index in [0.29, 0.717) is 19.3 Å². The van der Waals surface area contributed by atoms with Crippen molar-refractivity contribution in [1.82, 2.24) is 5.32 Å². The van der Waals surface area contributed by atoms with Crippen LogP contribution in [0.25, 0.3) is 11.1 Å². The molecule has 0 heterocycles. The SMILES string of the molecule is C#CCCCCC(C)(NC(=O)OCC1c2ccccc2-c2ccccc21)C(=O)O. The Labute approximate surface area is 171 Å². The fourth-order valence-electron chi connectivity index (χ4n) is 3.79. The van der Waals surface area contributed by atoms with E-state index in [4.69, 9.17) is 11.2 Å². The normalized spacial score (nSPS) is 14.2. The number of rotatable bonds is 8. The molecule has 29 heavy (non-hydrogen) atoms. The fourth-order valence-corrected chi connectivity index (χ4v) is 3.79. The zero-order valence-corrected chi connectivity index (χ0v) is 16.5. The van der Waals surface area contributed by atoms with Crippen molar-refractivity contribution in [3.05, 3.63) is 59.7 Å². The number of hydrogen-bond donors (Lipinski definition) is 2. The summed E-state index contributed by atoms with van der Waals surface area (Å²) in [7, 11) is 0. The summed E-state index contributed by atoms with van der Waals surface area (Å²) in [6.07, 6.45) is 6.69. The average Bonchev–Trinajstić information content (AvgIpc) is 3.03. The Hall–Kier alpha value is -3.26. The van der Waals surface area contributed by atoms with Crippen molar-refractivity contribution in [3.63, 3.8) is 0 Å². The van der Waals surface area contributed by atoms with Crippen LogP contribution in [0.1, 0.15) is 49.7 Å². The van der Waals surface area contributed by atoms with Gasteiger partial charge in [0.15, 0.2) is 0 Å². The van der Waals surface area contributed by atoms with E-state index in [-0.39, 0.29) is 18.9 Å². The molecule has 0 saturated carbocycles. The van der Waals surface area contributed by atoms with Gasteiger partial charge in [-0.2, -0.15) is 0 Å². The lowest BCUT2D eigenvalue weighted by atomic mass is 9.94. The molecule has 0 aliphatic heterocycles. The van der Waals surface area contributed by atoms with Crippen LogP contribution in [0, 0.1) is 12.3 Å². The number of carboxylic acids is 1. The standard InChI is InChI=1S/C24H25NO4/c1-3-4-5-10-15-24(2,22(26)27)25-23(28)29-16-21-19-13-8-6-11-17(19)18-12-7-9-14-20(18)21/h1,6-9,11-14,21H,4-5,10,15-16H2,2H3,(H,25,28)(H,26,27). The van der Waals surface area contributed by atoms with E-state index in [1.54, 1.807) is 0 Å². The van der Waals surface area contributed by atoms with Gasteiger partial charge < -0.3 is 15.2 Å². The first-order valence-electron chi connectivity index (χ1n) is 9.76. The smallest absolute Gasteiger partial charge is 0.408 e. The Kier molecular flexibility index (Phi) is 6.23. The minimum Gasteiger partial charge on any atom is -0.480 e. The van der Waals surface area contributed by atoms with Gasteiger partial charge in [0, 0.05) is 12.3 Å². The molecule has 2 aromatic rings. The Morgan fingerprint density at radius 3 is 2.24 bits per heavy atom. The lowest BCUT2D eigenvalue weighted by Crippen LogP contribution is -2.52. The van der Waals surface area contributed by atoms with Crippen molar-refractivity contribution >= 4 is 12.1 Å². The van der Waals surface area contributed by atoms with Crippen LogP contribution in [-0.2, 0) is 9.53 Å². The summed E-state index contributed by atoms with van der Waals surface area (Å²) in [6.45, 7) is 1.64. The van der Waals surface area contributed by atoms with Gasteiger partial charge in [-0.05, 0) is 48.4 Å². The summed E-state index contributed by atoms with van der Waals surface area (Å²) in [6, 6.07) is 16.1. The molecule has 1 amide bonds. The summed E-state index contributed by atoms with van der Waals surface area (Å²) < 4.78 is 5.47. The van der Waals surface area contributed by atoms with E-state index in [1.165, 1.54) is 6.92 Å². The number of carbonyl (C=O) groups excluding carboxylic acids is 1. The number of carboxylic acid groups (broad SMARTS) is 1. The number of benzene rings is 2. The van der Waals surface area contributed by atoms with Crippen molar-refractivity contribution in [2.75, 3.05) is 6.61 Å². The van der Waals surface area contributed by atoms with Crippen molar-refractivity contribution < 1.29 is 19.4 Å². The first-order chi connectivity index (χ1) is 14.0. The molecular weight excluding hydrogens is 366 g/mol. The molecule has 3 rings (SSSR count). The molecule has 0 fully saturated rings. The molecule has 2 aromatic carbocycles. The molecule has 1 unspecified atom stereocenters. The largest absolute Gasteiger partial charge is 0.480 e. The molecule has 2 N–H and O–H groups in total. The highest BCUT2D eigenvalue weighted by molar-refractivity contribution is 5.84. The van der Waals surface area contributed by atoms with Crippen LogP contribution in [0.3, 0.4) is 0 Å². The zero-order valence-electron chi connectivity index (χ0n) is 16.5. The molecule has 0 bridgehead atoms. The van der Waals surface area contributed by atoms with Crippen LogP contribution in [0.5, 0.6) is 0 Å². The number of carbonyl (C=O) groups is 2. The highest BCUT2D eigenvalue weighted by Crippen LogP contribution is 2.44. The topological polar surface area (TPSA) is 75.6 Å². The second-order valence-corrected chi connectivity index (χ2v) is 7.50. The van der Waals surface area contributed by atoms with E-state index >= 15 is 0 Å². The van der Waals surface area contributed by atoms with E-state index in [2.05, 4.69) is 23.4 Å². The van der Waals surface area contributed by atoms with Crippen molar-refractivity contribution in [2.24, 2.45) is 0 Å². The maximum Gasteiger partial charge on any atom is 0.408 e. The predicted molar refractivity (Wildman–Crippen MR) is 112 cm³/mol. The lowest BCUT2D eigenvalue weighted by molar-refractivity contribution is -0.144. The Morgan fingerprint density at radius 2 is 1.69 bits per heavy atom. The molecule has 150 valence electrons. The number of nitrogens with one attached hydrogen (secondary N) is 1. The number of fused-ring (bicyclic) bond motifs is 3. The maximum atomic E-state index is 12.4. The zero-order chi connectivity index (χ0) is 20.9. The predicted octanol–water partition coefficient (Wildman–Crippen LogP) is 4.56. The van der Waals surface area contributed by atoms with Gasteiger partial charge in [0.1, 0.15) is 12.1 Å². The molecule has 5 nitrogen and oxygen atoms in total. The number of ether oxygens (including phenoxy) is 1. The van der Waals surface area contributed by atoms with Crippen LogP contribution in [0.2, 0.25) is 0 Å². The number of amides is 1. The van der Waals surface area contributed by atoms with Crippen LogP contribution >= 0.6 is 0 Å². The summed E-state index contributed by atoms with van der Waals surface area (Å²) in [4.78, 5) is 24.1. The average molecular weight is 391 g/mol. The van der Waals surface area contributed by atoms with Gasteiger partial charge >= 0.3 is 12.1 Å². The molecule has 0 aromatic heterocycles. The quantitative estimate of drug-likeness (QED) is 0.511. The van der Waals surface area contributed by atoms with Crippen LogP contribution < -0.4 is 5.32 Å². The maximum absolute atomic E-state index is 12.4. The number of alkyl carbamates (subject to hydrolysis) is 1. The van der Waals surface area contributed by atoms with Gasteiger partial charge in [0.2, 0.25) is 0 Å². The van der Waals surface area contributed by atoms with Crippen molar-refractivity contribution in [1.29, 1.82) is 0 Å². The van der Waals surface area contributed by atoms with Gasteiger partial charge in [-0.15, -0.1) is 12.3 Å². The van der Waals surface area contributed by atoms with Crippen LogP contribution in [0.15, 0.2) is 48.5 Å². The monoisotopic (exact) mass is 391 g/mol. The second-order valence-electron chi connectivity index (χ2n) is 7.50. The van der Waals surface area contributed by atoms with E-state index < -0.39 is 17.6 Å². The minimum absolute atomic E-state index is 0.0696. The van der Waals surface area contributed by atoms with Gasteiger partial charge in [-0.3, -0.25) is 0 Å². The fraction of sp³-hybridized carbons (Fsp3) is 0.333. The molecular formula is C24H25NO4. The van der Waals surface area contributed by atoms with Gasteiger partial charge in [-0.25, -0.2) is 9.59 Å². The van der Waals surface area contributed by atoms with Crippen molar-refractivity contribution in [3.8, 4) is 23.5 Å². The molecule has 1 atom stereocenters. The summed E-state index contributed by atoms with van der Waals surface area (Å²) in [5.74, 6) is 1.37. The number of aliphatic carboxylic acids is 1. The van der Waals surface area contributed by atoms with Gasteiger partial charge in [0.25, 0.3) is 0 Å². The second kappa shape index (κ2) is 8.83. The summed E-state index contributed by atoms with van der Waals surface area (Å²) >= 11 is 0. The molecule has 5 heteroatoms. The summed E-state index contributed by atoms with van der Waals surface area (Å²) in [5, 5.41) is 12.1. The number of unbranched alkanes of at least 4 members (excludes halogenated alkanes) is 2. The Bertz CT molecular complexity index is 900. The van der Waals surface area contributed by atoms with Gasteiger partial charge in [0.05, 0.1) is 0 Å². The highest BCUT2D eigenvalue weighted by atomic mass is 16.5. The number of hydrogen-bond acceptors (Lipinski definition) is 3. The molecule has 0 saturated heterocycles. The third-order valence-corrected chi connectivity index (χ3v) is 5.44. The first-order valence-corrected chi connectivity index (χ1v) is 9.76. The van der Waals surface area contributed by atoms with Crippen LogP contribution in [-0.4, -0.2) is 29.3 Å². The highest BCUT2D eigenvalue weighted by Gasteiger charge is 2.35. The summed E-state index contributed by atoms with van der Waals surface area (Å²) in [5.41, 5.74) is 3.10. The van der Waals surface area contributed by atoms with E-state index in [1.807, 2.05) is 36.4 Å². The molecule has 1 aliphatic carbocycles. The molecule has 0 spiro atoms. The molecule has 1 aliphatic rings. The Morgan fingerprint density at radius 1 is 1.10 bits per heavy atom.